The number of hydrogen-bond acceptors (Lipinski definition) is 4. The zero-order chi connectivity index (χ0) is 9.26. The van der Waals surface area contributed by atoms with Crippen molar-refractivity contribution in [2.45, 2.75) is 25.3 Å². The van der Waals surface area contributed by atoms with Crippen LogP contribution in [0.2, 0.25) is 0 Å². The van der Waals surface area contributed by atoms with E-state index in [0.29, 0.717) is 5.88 Å². The van der Waals surface area contributed by atoms with Gasteiger partial charge in [-0.1, -0.05) is 0 Å². The van der Waals surface area contributed by atoms with Gasteiger partial charge in [-0.05, 0) is 24.8 Å². The smallest absolute Gasteiger partial charge is 0.233 e. The second kappa shape index (κ2) is 3.30. The molecule has 0 fully saturated rings. The average molecular weight is 179 g/mol. The van der Waals surface area contributed by atoms with Gasteiger partial charge in [0.1, 0.15) is 0 Å². The molecule has 1 aliphatic rings. The minimum atomic E-state index is 0.265. The zero-order valence-corrected chi connectivity index (χ0v) is 7.66. The lowest BCUT2D eigenvalue weighted by molar-refractivity contribution is 0.388. The van der Waals surface area contributed by atoms with E-state index >= 15 is 0 Å². The van der Waals surface area contributed by atoms with Crippen molar-refractivity contribution in [3.63, 3.8) is 0 Å². The number of ether oxygens (including phenoxy) is 1. The second-order valence-corrected chi connectivity index (χ2v) is 3.36. The molecule has 0 saturated heterocycles. The van der Waals surface area contributed by atoms with Crippen molar-refractivity contribution >= 4 is 0 Å². The third-order valence-electron chi connectivity index (χ3n) is 2.38. The molecule has 0 aromatic carbocycles. The number of nitrogens with zero attached hydrogens (tertiary/aromatic N) is 2. The largest absolute Gasteiger partial charge is 0.480 e. The highest BCUT2D eigenvalue weighted by atomic mass is 16.5. The lowest BCUT2D eigenvalue weighted by atomic mass is 9.93. The topological polar surface area (TPSA) is 61.0 Å². The van der Waals surface area contributed by atoms with Crippen LogP contribution in [0.25, 0.3) is 0 Å². The van der Waals surface area contributed by atoms with Crippen molar-refractivity contribution in [3.8, 4) is 5.88 Å². The maximum atomic E-state index is 5.85. The number of nitrogens with two attached hydrogens (primary N) is 1. The fourth-order valence-electron chi connectivity index (χ4n) is 1.63. The molecule has 13 heavy (non-hydrogen) atoms. The summed E-state index contributed by atoms with van der Waals surface area (Å²) in [6, 6.07) is 2.20. The summed E-state index contributed by atoms with van der Waals surface area (Å²) in [7, 11) is 1.60. The number of fused-ring (bicyclic) bond motifs is 1. The Morgan fingerprint density at radius 2 is 2.38 bits per heavy atom. The molecule has 0 spiro atoms. The van der Waals surface area contributed by atoms with Crippen molar-refractivity contribution in [2.24, 2.45) is 5.73 Å². The van der Waals surface area contributed by atoms with Gasteiger partial charge in [0.25, 0.3) is 0 Å². The molecule has 1 atom stereocenters. The number of aryl methyl sites for hydroxylation is 1. The van der Waals surface area contributed by atoms with Gasteiger partial charge in [-0.3, -0.25) is 0 Å². The normalized spacial score (nSPS) is 20.9. The van der Waals surface area contributed by atoms with Crippen molar-refractivity contribution in [1.82, 2.24) is 10.2 Å². The Morgan fingerprint density at radius 1 is 1.54 bits per heavy atom. The van der Waals surface area contributed by atoms with Crippen LogP contribution < -0.4 is 10.5 Å². The van der Waals surface area contributed by atoms with Crippen molar-refractivity contribution < 1.29 is 4.74 Å². The summed E-state index contributed by atoms with van der Waals surface area (Å²) in [6.45, 7) is 0. The molecule has 0 aliphatic heterocycles. The summed E-state index contributed by atoms with van der Waals surface area (Å²) in [6.07, 6.45) is 2.84. The second-order valence-electron chi connectivity index (χ2n) is 3.36. The van der Waals surface area contributed by atoms with Crippen LogP contribution in [-0.4, -0.2) is 23.3 Å². The molecule has 1 heterocycles. The molecule has 1 aromatic heterocycles. The third-order valence-corrected chi connectivity index (χ3v) is 2.38. The summed E-state index contributed by atoms with van der Waals surface area (Å²) in [5.74, 6) is 0.577. The predicted octanol–water partition coefficient (Wildman–Crippen LogP) is 0.301. The summed E-state index contributed by atoms with van der Waals surface area (Å²) in [5, 5.41) is 8.02. The van der Waals surface area contributed by atoms with E-state index in [2.05, 4.69) is 10.2 Å². The van der Waals surface area contributed by atoms with E-state index in [1.807, 2.05) is 6.07 Å². The molecule has 2 rings (SSSR count). The van der Waals surface area contributed by atoms with E-state index < -0.39 is 0 Å². The van der Waals surface area contributed by atoms with Crippen molar-refractivity contribution in [3.05, 3.63) is 17.3 Å². The Morgan fingerprint density at radius 3 is 3.15 bits per heavy atom. The summed E-state index contributed by atoms with van der Waals surface area (Å²) >= 11 is 0. The maximum absolute atomic E-state index is 5.85. The Labute approximate surface area is 77.1 Å². The van der Waals surface area contributed by atoms with Gasteiger partial charge in [0.05, 0.1) is 12.8 Å². The van der Waals surface area contributed by atoms with E-state index in [4.69, 9.17) is 10.5 Å². The number of hydrogen-bond donors (Lipinski definition) is 1. The SMILES string of the molecule is COc1cc2c(nn1)CC[C@@H](N)C2. The fraction of sp³-hybridized carbons (Fsp3) is 0.556. The molecule has 4 nitrogen and oxygen atoms in total. The minimum Gasteiger partial charge on any atom is -0.480 e. The highest BCUT2D eigenvalue weighted by Crippen LogP contribution is 2.20. The molecule has 70 valence electrons. The zero-order valence-electron chi connectivity index (χ0n) is 7.66. The van der Waals surface area contributed by atoms with Gasteiger partial charge in [0.15, 0.2) is 0 Å². The Hall–Kier alpha value is -1.16. The quantitative estimate of drug-likeness (QED) is 0.673. The molecule has 0 bridgehead atoms. The molecule has 0 amide bonds. The molecule has 2 N–H and O–H groups in total. The first-order chi connectivity index (χ1) is 6.29. The number of methoxy groups -OCH3 is 1. The average Bonchev–Trinajstić information content (AvgIpc) is 2.16. The van der Waals surface area contributed by atoms with Crippen LogP contribution in [0.15, 0.2) is 6.07 Å². The lowest BCUT2D eigenvalue weighted by Gasteiger charge is -2.19. The van der Waals surface area contributed by atoms with Crippen LogP contribution in [0.4, 0.5) is 0 Å². The molecule has 0 unspecified atom stereocenters. The van der Waals surface area contributed by atoms with Gasteiger partial charge in [-0.25, -0.2) is 0 Å². The first kappa shape index (κ1) is 8.44. The van der Waals surface area contributed by atoms with Gasteiger partial charge in [0, 0.05) is 12.1 Å². The standard InChI is InChI=1S/C9H13N3O/c1-13-9-5-6-4-7(10)2-3-8(6)11-12-9/h5,7H,2-4,10H2,1H3/t7-/m1/s1. The van der Waals surface area contributed by atoms with Crippen LogP contribution in [-0.2, 0) is 12.8 Å². The Bertz CT molecular complexity index is 314. The highest BCUT2D eigenvalue weighted by Gasteiger charge is 2.17. The summed E-state index contributed by atoms with van der Waals surface area (Å²) in [4.78, 5) is 0. The van der Waals surface area contributed by atoms with Gasteiger partial charge >= 0.3 is 0 Å². The third kappa shape index (κ3) is 1.62. The molecule has 1 aromatic rings. The maximum Gasteiger partial charge on any atom is 0.233 e. The molecular formula is C9H13N3O. The fourth-order valence-corrected chi connectivity index (χ4v) is 1.63. The van der Waals surface area contributed by atoms with E-state index in [1.54, 1.807) is 7.11 Å². The number of rotatable bonds is 1. The monoisotopic (exact) mass is 179 g/mol. The first-order valence-corrected chi connectivity index (χ1v) is 4.44. The van der Waals surface area contributed by atoms with Gasteiger partial charge in [-0.15, -0.1) is 5.10 Å². The van der Waals surface area contributed by atoms with Crippen LogP contribution in [0.5, 0.6) is 5.88 Å². The highest BCUT2D eigenvalue weighted by molar-refractivity contribution is 5.27. The lowest BCUT2D eigenvalue weighted by Crippen LogP contribution is -2.28. The van der Waals surface area contributed by atoms with E-state index in [9.17, 15) is 0 Å². The van der Waals surface area contributed by atoms with Crippen molar-refractivity contribution in [1.29, 1.82) is 0 Å². The van der Waals surface area contributed by atoms with E-state index in [1.165, 1.54) is 5.56 Å². The van der Waals surface area contributed by atoms with Crippen LogP contribution in [0.3, 0.4) is 0 Å². The molecular weight excluding hydrogens is 166 g/mol. The Balaban J connectivity index is 2.32. The van der Waals surface area contributed by atoms with Crippen LogP contribution in [0, 0.1) is 0 Å². The van der Waals surface area contributed by atoms with Gasteiger partial charge < -0.3 is 10.5 Å². The number of aromatic nitrogens is 2. The van der Waals surface area contributed by atoms with Gasteiger partial charge in [-0.2, -0.15) is 5.10 Å². The van der Waals surface area contributed by atoms with Crippen molar-refractivity contribution in [2.75, 3.05) is 7.11 Å². The molecule has 0 radical (unpaired) electrons. The van der Waals surface area contributed by atoms with Crippen LogP contribution in [0.1, 0.15) is 17.7 Å². The minimum absolute atomic E-state index is 0.265. The van der Waals surface area contributed by atoms with Gasteiger partial charge in [0.2, 0.25) is 5.88 Å². The molecule has 1 aliphatic carbocycles. The summed E-state index contributed by atoms with van der Waals surface area (Å²) in [5.41, 5.74) is 8.11. The molecule has 4 heteroatoms. The predicted molar refractivity (Wildman–Crippen MR) is 48.6 cm³/mol. The Kier molecular flexibility index (Phi) is 2.14. The van der Waals surface area contributed by atoms with Crippen LogP contribution >= 0.6 is 0 Å². The first-order valence-electron chi connectivity index (χ1n) is 4.44. The van der Waals surface area contributed by atoms with E-state index in [0.717, 1.165) is 25.0 Å². The summed E-state index contributed by atoms with van der Waals surface area (Å²) < 4.78 is 5.00. The molecule has 0 saturated carbocycles. The van der Waals surface area contributed by atoms with E-state index in [-0.39, 0.29) is 6.04 Å².